The van der Waals surface area contributed by atoms with Gasteiger partial charge in [-0.2, -0.15) is 0 Å². The van der Waals surface area contributed by atoms with Crippen molar-refractivity contribution >= 4 is 5.97 Å². The van der Waals surface area contributed by atoms with Crippen molar-refractivity contribution in [2.45, 2.75) is 20.3 Å². The van der Waals surface area contributed by atoms with E-state index in [4.69, 9.17) is 5.11 Å². The monoisotopic (exact) mass is 154 g/mol. The lowest BCUT2D eigenvalue weighted by Crippen LogP contribution is -1.89. The van der Waals surface area contributed by atoms with Crippen molar-refractivity contribution in [1.82, 2.24) is 0 Å². The summed E-state index contributed by atoms with van der Waals surface area (Å²) in [5, 5.41) is 8.25. The molecule has 0 aliphatic carbocycles. The van der Waals surface area contributed by atoms with Gasteiger partial charge in [-0.3, -0.25) is 0 Å². The van der Waals surface area contributed by atoms with E-state index < -0.39 is 5.97 Å². The molecule has 0 aromatic carbocycles. The summed E-state index contributed by atoms with van der Waals surface area (Å²) in [6, 6.07) is 0. The van der Waals surface area contributed by atoms with E-state index in [1.165, 1.54) is 6.08 Å². The van der Waals surface area contributed by atoms with Gasteiger partial charge in [0, 0.05) is 6.08 Å². The van der Waals surface area contributed by atoms with E-state index in [2.05, 4.69) is 0 Å². The highest BCUT2D eigenvalue weighted by Gasteiger charge is 1.92. The first-order valence-electron chi connectivity index (χ1n) is 3.69. The lowest BCUT2D eigenvalue weighted by atomic mass is 10.1. The molecule has 0 saturated heterocycles. The lowest BCUT2D eigenvalue weighted by Gasteiger charge is -1.98. The predicted molar refractivity (Wildman–Crippen MR) is 45.4 cm³/mol. The second kappa shape index (κ2) is 5.71. The molecule has 1 N–H and O–H groups in total. The van der Waals surface area contributed by atoms with Crippen LogP contribution in [-0.2, 0) is 4.79 Å². The zero-order valence-corrected chi connectivity index (χ0v) is 6.95. The van der Waals surface area contributed by atoms with Crippen LogP contribution in [0.2, 0.25) is 0 Å². The molecule has 2 nitrogen and oxygen atoms in total. The second-order valence-corrected chi connectivity index (χ2v) is 2.48. The van der Waals surface area contributed by atoms with Crippen LogP contribution in [0.3, 0.4) is 0 Å². The number of hydrogen-bond acceptors (Lipinski definition) is 1. The van der Waals surface area contributed by atoms with Crippen molar-refractivity contribution < 1.29 is 9.90 Å². The van der Waals surface area contributed by atoms with Gasteiger partial charge in [-0.1, -0.05) is 25.2 Å². The van der Waals surface area contributed by atoms with Crippen LogP contribution in [0.25, 0.3) is 0 Å². The van der Waals surface area contributed by atoms with Gasteiger partial charge in [0.1, 0.15) is 0 Å². The van der Waals surface area contributed by atoms with E-state index >= 15 is 0 Å². The van der Waals surface area contributed by atoms with Crippen molar-refractivity contribution in [2.24, 2.45) is 5.92 Å². The van der Waals surface area contributed by atoms with E-state index in [1.54, 1.807) is 6.08 Å². The Morgan fingerprint density at radius 2 is 2.27 bits per heavy atom. The number of allylic oxidation sites excluding steroid dienone is 3. The number of hydrogen-bond donors (Lipinski definition) is 1. The fourth-order valence-electron chi connectivity index (χ4n) is 0.791. The molecule has 2 heteroatoms. The highest BCUT2D eigenvalue weighted by Crippen LogP contribution is 2.03. The molecule has 0 unspecified atom stereocenters. The van der Waals surface area contributed by atoms with Crippen molar-refractivity contribution in [2.75, 3.05) is 0 Å². The Kier molecular flexibility index (Phi) is 5.17. The first-order chi connectivity index (χ1) is 5.16. The van der Waals surface area contributed by atoms with Gasteiger partial charge in [0.15, 0.2) is 0 Å². The average Bonchev–Trinajstić information content (AvgIpc) is 1.87. The van der Waals surface area contributed by atoms with Crippen LogP contribution < -0.4 is 0 Å². The Morgan fingerprint density at radius 3 is 2.73 bits per heavy atom. The third kappa shape index (κ3) is 6.84. The second-order valence-electron chi connectivity index (χ2n) is 2.48. The summed E-state index contributed by atoms with van der Waals surface area (Å²) in [5.74, 6) is -0.451. The van der Waals surface area contributed by atoms with Crippen LogP contribution in [0.4, 0.5) is 0 Å². The minimum atomic E-state index is -0.877. The molecule has 0 amide bonds. The molecule has 0 aromatic heterocycles. The molecule has 0 saturated carbocycles. The van der Waals surface area contributed by atoms with Gasteiger partial charge < -0.3 is 5.11 Å². The molecule has 0 bridgehead atoms. The first-order valence-corrected chi connectivity index (χ1v) is 3.69. The third-order valence-electron chi connectivity index (χ3n) is 1.29. The van der Waals surface area contributed by atoms with Gasteiger partial charge in [0.2, 0.25) is 0 Å². The molecule has 0 radical (unpaired) electrons. The van der Waals surface area contributed by atoms with Crippen molar-refractivity contribution in [3.05, 3.63) is 24.3 Å². The maximum absolute atomic E-state index is 10.0. The lowest BCUT2D eigenvalue weighted by molar-refractivity contribution is -0.131. The van der Waals surface area contributed by atoms with E-state index in [-0.39, 0.29) is 0 Å². The fourth-order valence-corrected chi connectivity index (χ4v) is 0.791. The average molecular weight is 154 g/mol. The van der Waals surface area contributed by atoms with E-state index in [0.717, 1.165) is 6.42 Å². The third-order valence-corrected chi connectivity index (χ3v) is 1.29. The summed E-state index contributed by atoms with van der Waals surface area (Å²) in [6.45, 7) is 4.00. The SMILES string of the molecule is CC=C[C@@H](C)CC=CC(=O)O. The van der Waals surface area contributed by atoms with Gasteiger partial charge >= 0.3 is 5.97 Å². The van der Waals surface area contributed by atoms with Gasteiger partial charge in [-0.15, -0.1) is 0 Å². The van der Waals surface area contributed by atoms with Gasteiger partial charge in [0.05, 0.1) is 0 Å². The Morgan fingerprint density at radius 1 is 1.64 bits per heavy atom. The Bertz CT molecular complexity index is 168. The van der Waals surface area contributed by atoms with Crippen LogP contribution in [0.5, 0.6) is 0 Å². The van der Waals surface area contributed by atoms with Crippen LogP contribution in [0, 0.1) is 5.92 Å². The minimum absolute atomic E-state index is 0.426. The molecule has 1 atom stereocenters. The van der Waals surface area contributed by atoms with Crippen molar-refractivity contribution in [3.8, 4) is 0 Å². The smallest absolute Gasteiger partial charge is 0.327 e. The molecule has 0 aliphatic rings. The summed E-state index contributed by atoms with van der Waals surface area (Å²) in [5.41, 5.74) is 0. The Hall–Kier alpha value is -1.05. The van der Waals surface area contributed by atoms with Crippen molar-refractivity contribution in [1.29, 1.82) is 0 Å². The van der Waals surface area contributed by atoms with E-state index in [1.807, 2.05) is 26.0 Å². The number of aliphatic carboxylic acids is 1. The Balaban J connectivity index is 3.61. The molecule has 0 aromatic rings. The molecule has 0 aliphatic heterocycles. The summed E-state index contributed by atoms with van der Waals surface area (Å²) in [4.78, 5) is 10.0. The summed E-state index contributed by atoms with van der Waals surface area (Å²) < 4.78 is 0. The normalized spacial score (nSPS) is 14.4. The zero-order chi connectivity index (χ0) is 8.69. The molecule has 0 fully saturated rings. The van der Waals surface area contributed by atoms with Crippen LogP contribution in [-0.4, -0.2) is 11.1 Å². The van der Waals surface area contributed by atoms with Crippen LogP contribution in [0.15, 0.2) is 24.3 Å². The topological polar surface area (TPSA) is 37.3 Å². The summed E-state index contributed by atoms with van der Waals surface area (Å²) in [7, 11) is 0. The van der Waals surface area contributed by atoms with E-state index in [9.17, 15) is 4.79 Å². The summed E-state index contributed by atoms with van der Waals surface area (Å²) >= 11 is 0. The maximum atomic E-state index is 10.0. The molecular weight excluding hydrogens is 140 g/mol. The first kappa shape index (κ1) is 9.95. The Labute approximate surface area is 67.2 Å². The largest absolute Gasteiger partial charge is 0.478 e. The summed E-state index contributed by atoms with van der Waals surface area (Å²) in [6.07, 6.45) is 7.66. The van der Waals surface area contributed by atoms with Crippen molar-refractivity contribution in [3.63, 3.8) is 0 Å². The highest BCUT2D eigenvalue weighted by atomic mass is 16.4. The highest BCUT2D eigenvalue weighted by molar-refractivity contribution is 5.79. The molecule has 0 heterocycles. The number of carboxylic acids is 1. The molecule has 0 rings (SSSR count). The molecule has 0 spiro atoms. The minimum Gasteiger partial charge on any atom is -0.478 e. The fraction of sp³-hybridized carbons (Fsp3) is 0.444. The van der Waals surface area contributed by atoms with Gasteiger partial charge in [-0.25, -0.2) is 4.79 Å². The van der Waals surface area contributed by atoms with Gasteiger partial charge in [0.25, 0.3) is 0 Å². The predicted octanol–water partition coefficient (Wildman–Crippen LogP) is 2.23. The zero-order valence-electron chi connectivity index (χ0n) is 6.95. The number of carbonyl (C=O) groups is 1. The number of rotatable bonds is 4. The standard InChI is InChI=1S/C9H14O2/c1-3-5-8(2)6-4-7-9(10)11/h3-5,7-8H,6H2,1-2H3,(H,10,11)/t8-/m1/s1. The molecular formula is C9H14O2. The van der Waals surface area contributed by atoms with Gasteiger partial charge in [-0.05, 0) is 19.3 Å². The van der Waals surface area contributed by atoms with Crippen LogP contribution >= 0.6 is 0 Å². The number of carboxylic acid groups (broad SMARTS) is 1. The molecule has 62 valence electrons. The maximum Gasteiger partial charge on any atom is 0.327 e. The molecule has 11 heavy (non-hydrogen) atoms. The van der Waals surface area contributed by atoms with E-state index in [0.29, 0.717) is 5.92 Å². The van der Waals surface area contributed by atoms with Crippen LogP contribution in [0.1, 0.15) is 20.3 Å². The quantitative estimate of drug-likeness (QED) is 0.498.